The Morgan fingerprint density at radius 3 is 2.23 bits per heavy atom. The van der Waals surface area contributed by atoms with Gasteiger partial charge in [-0.25, -0.2) is 4.79 Å². The maximum absolute atomic E-state index is 13.9. The summed E-state index contributed by atoms with van der Waals surface area (Å²) >= 11 is 0. The Labute approximate surface area is 254 Å². The second-order valence-electron chi connectivity index (χ2n) is 12.8. The number of likely N-dealkylation sites (N-methyl/N-ethyl adjacent to an activating group) is 1. The van der Waals surface area contributed by atoms with Gasteiger partial charge in [0, 0.05) is 25.0 Å². The third-order valence-electron chi connectivity index (χ3n) is 9.15. The summed E-state index contributed by atoms with van der Waals surface area (Å²) in [5.74, 6) is -4.43. The van der Waals surface area contributed by atoms with Crippen molar-refractivity contribution in [1.82, 2.24) is 10.2 Å². The predicted molar refractivity (Wildman–Crippen MR) is 153 cm³/mol. The molecule has 246 valence electrons. The van der Waals surface area contributed by atoms with Gasteiger partial charge in [0.2, 0.25) is 5.91 Å². The van der Waals surface area contributed by atoms with Gasteiger partial charge >= 0.3 is 12.1 Å². The fourth-order valence-corrected chi connectivity index (χ4v) is 6.41. The third kappa shape index (κ3) is 7.67. The molecule has 3 rings (SSSR count). The van der Waals surface area contributed by atoms with Crippen LogP contribution in [0, 0.1) is 17.8 Å². The van der Waals surface area contributed by atoms with Crippen LogP contribution in [0.1, 0.15) is 67.7 Å². The number of rotatable bonds is 5. The summed E-state index contributed by atoms with van der Waals surface area (Å²) in [6, 6.07) is -0.948. The zero-order valence-corrected chi connectivity index (χ0v) is 27.0. The summed E-state index contributed by atoms with van der Waals surface area (Å²) in [7, 11) is 5.18. The van der Waals surface area contributed by atoms with Gasteiger partial charge in [-0.2, -0.15) is 0 Å². The van der Waals surface area contributed by atoms with Crippen molar-refractivity contribution in [1.29, 1.82) is 0 Å². The van der Waals surface area contributed by atoms with Crippen LogP contribution < -0.4 is 5.32 Å². The molecule has 0 aromatic carbocycles. The molecule has 3 heterocycles. The van der Waals surface area contributed by atoms with Gasteiger partial charge in [0.15, 0.2) is 24.3 Å². The maximum atomic E-state index is 13.9. The van der Waals surface area contributed by atoms with E-state index in [0.29, 0.717) is 6.42 Å². The number of ketones is 1. The van der Waals surface area contributed by atoms with Gasteiger partial charge in [-0.15, -0.1) is 0 Å². The van der Waals surface area contributed by atoms with E-state index in [1.807, 2.05) is 25.9 Å². The van der Waals surface area contributed by atoms with Crippen LogP contribution in [-0.4, -0.2) is 116 Å². The highest BCUT2D eigenvalue weighted by Crippen LogP contribution is 2.36. The molecule has 0 aromatic heterocycles. The quantitative estimate of drug-likeness (QED) is 0.342. The molecule has 0 spiro atoms. The lowest BCUT2D eigenvalue weighted by molar-refractivity contribution is -0.295. The summed E-state index contributed by atoms with van der Waals surface area (Å²) in [5.41, 5.74) is -1.24. The van der Waals surface area contributed by atoms with Crippen LogP contribution in [-0.2, 0) is 42.8 Å². The molecule has 0 aromatic rings. The zero-order valence-electron chi connectivity index (χ0n) is 27.0. The van der Waals surface area contributed by atoms with Gasteiger partial charge in [-0.3, -0.25) is 14.4 Å². The van der Waals surface area contributed by atoms with Gasteiger partial charge in [0.1, 0.15) is 18.1 Å². The summed E-state index contributed by atoms with van der Waals surface area (Å²) in [6.07, 6.45) is -6.20. The molecule has 3 aliphatic rings. The number of aliphatic hydroxyl groups is 1. The van der Waals surface area contributed by atoms with E-state index in [0.717, 1.165) is 0 Å². The summed E-state index contributed by atoms with van der Waals surface area (Å²) in [4.78, 5) is 54.7. The Kier molecular flexibility index (Phi) is 11.6. The van der Waals surface area contributed by atoms with Crippen LogP contribution >= 0.6 is 0 Å². The van der Waals surface area contributed by atoms with E-state index in [9.17, 15) is 24.3 Å². The highest BCUT2D eigenvalue weighted by molar-refractivity contribution is 6.00. The number of methoxy groups -OCH3 is 1. The molecular formula is C30H50N2O11. The van der Waals surface area contributed by atoms with Crippen molar-refractivity contribution in [3.05, 3.63) is 0 Å². The molecule has 3 aliphatic heterocycles. The molecule has 0 unspecified atom stereocenters. The molecule has 3 saturated heterocycles. The van der Waals surface area contributed by atoms with Crippen LogP contribution in [0.25, 0.3) is 0 Å². The number of hydrogen-bond donors (Lipinski definition) is 2. The fourth-order valence-electron chi connectivity index (χ4n) is 6.41. The second kappa shape index (κ2) is 14.2. The number of hydrogen-bond acceptors (Lipinski definition) is 12. The van der Waals surface area contributed by atoms with E-state index in [2.05, 4.69) is 5.32 Å². The van der Waals surface area contributed by atoms with E-state index in [4.69, 9.17) is 28.4 Å². The molecule has 0 aliphatic carbocycles. The maximum Gasteiger partial charge on any atom is 0.509 e. The lowest BCUT2D eigenvalue weighted by atomic mass is 9.78. The first-order valence-electron chi connectivity index (χ1n) is 15.2. The number of fused-ring (bicyclic) bond motifs is 1. The molecule has 0 radical (unpaired) electrons. The fraction of sp³-hybridized carbons (Fsp3) is 0.867. The molecule has 13 heteroatoms. The number of ether oxygens (including phenoxy) is 6. The summed E-state index contributed by atoms with van der Waals surface area (Å²) < 4.78 is 34.9. The van der Waals surface area contributed by atoms with Crippen molar-refractivity contribution in [2.45, 2.75) is 128 Å². The number of carbonyl (C=O) groups is 4. The number of cyclic esters (lactones) is 1. The largest absolute Gasteiger partial charge is 0.509 e. The summed E-state index contributed by atoms with van der Waals surface area (Å²) in [5, 5.41) is 14.1. The molecule has 3 fully saturated rings. The number of aliphatic hydroxyl groups excluding tert-OH is 1. The number of esters is 1. The minimum atomic E-state index is -1.24. The van der Waals surface area contributed by atoms with Crippen LogP contribution in [0.4, 0.5) is 4.79 Å². The van der Waals surface area contributed by atoms with E-state index in [-0.39, 0.29) is 30.9 Å². The Balaban J connectivity index is 2.03. The Morgan fingerprint density at radius 2 is 1.65 bits per heavy atom. The SMILES string of the molecule is CC[C@H]1OC(=O)[C@H](C)C(=O)[C@H](C)[C@@H](O[C@@H]2O[C@H](C)C[C@@H](N(C)C)[C@H]2O)[C@](C)(OC)C[C@@H](C)C(=O)N[C@H](C)[C@@H]2OC(=O)O[C@@H]21. The zero-order chi connectivity index (χ0) is 32.4. The molecule has 13 nitrogen and oxygen atoms in total. The van der Waals surface area contributed by atoms with E-state index >= 15 is 0 Å². The highest BCUT2D eigenvalue weighted by Gasteiger charge is 2.51. The molecule has 13 atom stereocenters. The lowest BCUT2D eigenvalue weighted by Crippen LogP contribution is -2.59. The van der Waals surface area contributed by atoms with Crippen molar-refractivity contribution in [2.75, 3.05) is 21.2 Å². The van der Waals surface area contributed by atoms with Gasteiger partial charge in [0.05, 0.1) is 23.9 Å². The molecular weight excluding hydrogens is 564 g/mol. The highest BCUT2D eigenvalue weighted by atomic mass is 16.8. The Morgan fingerprint density at radius 1 is 1.02 bits per heavy atom. The smallest absolute Gasteiger partial charge is 0.458 e. The second-order valence-corrected chi connectivity index (χ2v) is 12.8. The Bertz CT molecular complexity index is 1020. The number of nitrogens with zero attached hydrogens (tertiary/aromatic N) is 1. The number of nitrogens with one attached hydrogen (secondary N) is 1. The molecule has 1 amide bonds. The van der Waals surface area contributed by atoms with E-state index in [1.54, 1.807) is 34.6 Å². The first-order valence-corrected chi connectivity index (χ1v) is 15.2. The minimum Gasteiger partial charge on any atom is -0.458 e. The van der Waals surface area contributed by atoms with Gasteiger partial charge in [0.25, 0.3) is 0 Å². The van der Waals surface area contributed by atoms with Crippen molar-refractivity contribution in [3.8, 4) is 0 Å². The summed E-state index contributed by atoms with van der Waals surface area (Å²) in [6.45, 7) is 11.8. The predicted octanol–water partition coefficient (Wildman–Crippen LogP) is 1.81. The van der Waals surface area contributed by atoms with Gasteiger partial charge in [-0.05, 0) is 61.1 Å². The van der Waals surface area contributed by atoms with Gasteiger partial charge in [-0.1, -0.05) is 20.8 Å². The Hall–Kier alpha value is -2.32. The van der Waals surface area contributed by atoms with Gasteiger partial charge < -0.3 is 43.7 Å². The number of amides is 1. The van der Waals surface area contributed by atoms with Crippen molar-refractivity contribution in [3.63, 3.8) is 0 Å². The molecule has 0 bridgehead atoms. The van der Waals surface area contributed by atoms with Crippen LogP contribution in [0.3, 0.4) is 0 Å². The third-order valence-corrected chi connectivity index (χ3v) is 9.15. The minimum absolute atomic E-state index is 0.112. The van der Waals surface area contributed by atoms with Crippen molar-refractivity contribution in [2.24, 2.45) is 17.8 Å². The van der Waals surface area contributed by atoms with E-state index in [1.165, 1.54) is 14.0 Å². The number of carbonyl (C=O) groups excluding carboxylic acids is 4. The molecule has 0 saturated carbocycles. The molecule has 43 heavy (non-hydrogen) atoms. The van der Waals surface area contributed by atoms with Crippen molar-refractivity contribution >= 4 is 23.8 Å². The first kappa shape index (κ1) is 35.2. The standard InChI is InChI=1S/C30H50N2O11/c1-11-20-24-23(41-29(37)42-24)18(6)31-26(35)14(2)13-30(7,38-10)25(16(4)21(33)17(5)27(36)40-20)43-28-22(34)19(32(8)9)12-15(3)39-28/h14-20,22-25,28,34H,11-13H2,1-10H3,(H,31,35)/t14-,15-,16+,17-,18-,19-,20-,22-,23+,24-,25-,28+,30-/m1/s1. The average molecular weight is 615 g/mol. The number of Topliss-reactive ketones (excluding diaryl/α,β-unsaturated/α-hetero) is 1. The molecule has 2 N–H and O–H groups in total. The van der Waals surface area contributed by atoms with Crippen LogP contribution in [0.15, 0.2) is 0 Å². The topological polar surface area (TPSA) is 159 Å². The lowest BCUT2D eigenvalue weighted by Gasteiger charge is -2.46. The monoisotopic (exact) mass is 614 g/mol. The average Bonchev–Trinajstić information content (AvgIpc) is 3.35. The van der Waals surface area contributed by atoms with E-state index < -0.39 is 84.1 Å². The van der Waals surface area contributed by atoms with Crippen molar-refractivity contribution < 1.29 is 52.7 Å². The normalized spacial score (nSPS) is 43.5. The first-order chi connectivity index (χ1) is 20.0. The van der Waals surface area contributed by atoms with Crippen LogP contribution in [0.5, 0.6) is 0 Å². The van der Waals surface area contributed by atoms with Crippen LogP contribution in [0.2, 0.25) is 0 Å².